The minimum absolute atomic E-state index is 0.572. The predicted octanol–water partition coefficient (Wildman–Crippen LogP) is 6.31. The molecule has 1 nitrogen and oxygen atoms in total. The highest BCUT2D eigenvalue weighted by Gasteiger charge is 2.20. The third-order valence-electron chi connectivity index (χ3n) is 5.51. The summed E-state index contributed by atoms with van der Waals surface area (Å²) in [5, 5.41) is 6.92. The van der Waals surface area contributed by atoms with Gasteiger partial charge in [-0.15, -0.1) is 0 Å². The molecule has 23 heavy (non-hydrogen) atoms. The van der Waals surface area contributed by atoms with E-state index in [1.54, 1.807) is 0 Å². The van der Waals surface area contributed by atoms with Crippen LogP contribution in [-0.4, -0.2) is 4.57 Å². The highest BCUT2D eigenvalue weighted by molar-refractivity contribution is 6.25. The Kier molecular flexibility index (Phi) is 3.19. The first-order valence-corrected chi connectivity index (χ1v) is 8.53. The van der Waals surface area contributed by atoms with Gasteiger partial charge in [-0.25, -0.2) is 0 Å². The van der Waals surface area contributed by atoms with Crippen molar-refractivity contribution in [3.63, 3.8) is 0 Å². The molecule has 4 rings (SSSR count). The molecule has 0 saturated heterocycles. The Morgan fingerprint density at radius 1 is 0.870 bits per heavy atom. The van der Waals surface area contributed by atoms with Crippen molar-refractivity contribution in [3.05, 3.63) is 59.8 Å². The zero-order chi connectivity index (χ0) is 16.1. The molecule has 0 fully saturated rings. The third-order valence-corrected chi connectivity index (χ3v) is 5.51. The summed E-state index contributed by atoms with van der Waals surface area (Å²) in [4.78, 5) is 0. The van der Waals surface area contributed by atoms with Gasteiger partial charge in [0, 0.05) is 23.5 Å². The summed E-state index contributed by atoms with van der Waals surface area (Å²) in [5.74, 6) is 0.572. The van der Waals surface area contributed by atoms with Crippen molar-refractivity contribution in [2.75, 3.05) is 0 Å². The Hall–Kier alpha value is -2.28. The lowest BCUT2D eigenvalue weighted by molar-refractivity contribution is 0.725. The molecule has 0 spiro atoms. The molecule has 1 atom stereocenters. The van der Waals surface area contributed by atoms with Gasteiger partial charge < -0.3 is 4.57 Å². The molecule has 116 valence electrons. The molecule has 0 amide bonds. The van der Waals surface area contributed by atoms with Crippen molar-refractivity contribution in [1.82, 2.24) is 4.57 Å². The highest BCUT2D eigenvalue weighted by Crippen LogP contribution is 2.41. The van der Waals surface area contributed by atoms with Crippen LogP contribution >= 0.6 is 0 Å². The fourth-order valence-corrected chi connectivity index (χ4v) is 4.08. The molecule has 1 unspecified atom stereocenters. The van der Waals surface area contributed by atoms with Crippen molar-refractivity contribution < 1.29 is 0 Å². The smallest absolute Gasteiger partial charge is 0.0568 e. The van der Waals surface area contributed by atoms with Crippen LogP contribution in [0, 0.1) is 6.92 Å². The average molecular weight is 301 g/mol. The molecule has 0 radical (unpaired) electrons. The molecule has 0 aliphatic rings. The lowest BCUT2D eigenvalue weighted by Crippen LogP contribution is -1.96. The predicted molar refractivity (Wildman–Crippen MR) is 101 cm³/mol. The molecular formula is C22H23N. The van der Waals surface area contributed by atoms with E-state index in [0.29, 0.717) is 5.92 Å². The van der Waals surface area contributed by atoms with E-state index >= 15 is 0 Å². The fraction of sp³-hybridized carbons (Fsp3) is 0.273. The van der Waals surface area contributed by atoms with Crippen LogP contribution in [0.5, 0.6) is 0 Å². The van der Waals surface area contributed by atoms with Crippen LogP contribution in [0.4, 0.5) is 0 Å². The highest BCUT2D eigenvalue weighted by atomic mass is 14.9. The molecular weight excluding hydrogens is 278 g/mol. The maximum atomic E-state index is 2.39. The molecule has 3 aromatic carbocycles. The van der Waals surface area contributed by atoms with Crippen molar-refractivity contribution >= 4 is 32.4 Å². The molecule has 0 saturated carbocycles. The zero-order valence-electron chi connectivity index (χ0n) is 14.4. The first-order chi connectivity index (χ1) is 11.1. The Balaban J connectivity index is 2.38. The summed E-state index contributed by atoms with van der Waals surface area (Å²) in [6, 6.07) is 17.7. The third kappa shape index (κ3) is 1.86. The minimum atomic E-state index is 0.572. The van der Waals surface area contributed by atoms with Gasteiger partial charge in [0.25, 0.3) is 0 Å². The zero-order valence-corrected chi connectivity index (χ0v) is 14.4. The number of fused-ring (bicyclic) bond motifs is 6. The Labute approximate surface area is 137 Å². The number of rotatable bonds is 2. The standard InChI is InChI=1S/C22H23N/c1-5-14(2)20-15(3)23(4)22-19-13-9-7-11-17(19)16-10-6-8-12-18(16)21(20)22/h6-14H,5H2,1-4H3. The van der Waals surface area contributed by atoms with E-state index in [2.05, 4.69) is 80.9 Å². The van der Waals surface area contributed by atoms with E-state index in [9.17, 15) is 0 Å². The summed E-state index contributed by atoms with van der Waals surface area (Å²) < 4.78 is 2.39. The van der Waals surface area contributed by atoms with E-state index < -0.39 is 0 Å². The SMILES string of the molecule is CCC(C)c1c(C)n(C)c2c3ccccc3c3ccccc3c12. The second-order valence-corrected chi connectivity index (χ2v) is 6.68. The first kappa shape index (κ1) is 14.3. The molecule has 1 aromatic heterocycles. The van der Waals surface area contributed by atoms with Crippen LogP contribution in [0.3, 0.4) is 0 Å². The van der Waals surface area contributed by atoms with E-state index in [0.717, 1.165) is 0 Å². The summed E-state index contributed by atoms with van der Waals surface area (Å²) >= 11 is 0. The lowest BCUT2D eigenvalue weighted by atomic mass is 9.90. The topological polar surface area (TPSA) is 4.93 Å². The Morgan fingerprint density at radius 2 is 1.39 bits per heavy atom. The average Bonchev–Trinajstić information content (AvgIpc) is 2.86. The number of hydrogen-bond donors (Lipinski definition) is 0. The van der Waals surface area contributed by atoms with E-state index in [1.165, 1.54) is 50.1 Å². The monoisotopic (exact) mass is 301 g/mol. The number of aromatic nitrogens is 1. The normalized spacial score (nSPS) is 13.2. The van der Waals surface area contributed by atoms with E-state index in [4.69, 9.17) is 0 Å². The van der Waals surface area contributed by atoms with E-state index in [1.807, 2.05) is 0 Å². The van der Waals surface area contributed by atoms with Crippen molar-refractivity contribution in [2.45, 2.75) is 33.1 Å². The van der Waals surface area contributed by atoms with Gasteiger partial charge in [-0.05, 0) is 41.0 Å². The number of nitrogens with zero attached hydrogens (tertiary/aromatic N) is 1. The summed E-state index contributed by atoms with van der Waals surface area (Å²) in [6.07, 6.45) is 1.17. The van der Waals surface area contributed by atoms with Crippen LogP contribution in [0.1, 0.15) is 37.4 Å². The first-order valence-electron chi connectivity index (χ1n) is 8.53. The van der Waals surface area contributed by atoms with Crippen LogP contribution in [0.25, 0.3) is 32.4 Å². The van der Waals surface area contributed by atoms with Crippen molar-refractivity contribution in [1.29, 1.82) is 0 Å². The van der Waals surface area contributed by atoms with E-state index in [-0.39, 0.29) is 0 Å². The maximum Gasteiger partial charge on any atom is 0.0568 e. The van der Waals surface area contributed by atoms with Crippen LogP contribution in [-0.2, 0) is 7.05 Å². The number of benzene rings is 3. The summed E-state index contributed by atoms with van der Waals surface area (Å²) in [6.45, 7) is 6.91. The second-order valence-electron chi connectivity index (χ2n) is 6.68. The van der Waals surface area contributed by atoms with Gasteiger partial charge >= 0.3 is 0 Å². The number of aryl methyl sites for hydroxylation is 1. The van der Waals surface area contributed by atoms with Gasteiger partial charge in [-0.2, -0.15) is 0 Å². The van der Waals surface area contributed by atoms with Crippen molar-refractivity contribution in [2.24, 2.45) is 7.05 Å². The molecule has 0 aliphatic carbocycles. The van der Waals surface area contributed by atoms with Gasteiger partial charge in [0.1, 0.15) is 0 Å². The van der Waals surface area contributed by atoms with Crippen LogP contribution < -0.4 is 0 Å². The molecule has 0 N–H and O–H groups in total. The van der Waals surface area contributed by atoms with Gasteiger partial charge in [-0.3, -0.25) is 0 Å². The van der Waals surface area contributed by atoms with Gasteiger partial charge in [0.05, 0.1) is 5.52 Å². The second kappa shape index (κ2) is 5.13. The molecule has 0 aliphatic heterocycles. The van der Waals surface area contributed by atoms with Crippen LogP contribution in [0.2, 0.25) is 0 Å². The Morgan fingerprint density at radius 3 is 2.00 bits per heavy atom. The largest absolute Gasteiger partial charge is 0.347 e. The molecule has 0 bridgehead atoms. The van der Waals surface area contributed by atoms with Crippen LogP contribution in [0.15, 0.2) is 48.5 Å². The molecule has 1 heteroatoms. The van der Waals surface area contributed by atoms with Gasteiger partial charge in [0.15, 0.2) is 0 Å². The van der Waals surface area contributed by atoms with Crippen molar-refractivity contribution in [3.8, 4) is 0 Å². The molecule has 1 heterocycles. The summed E-state index contributed by atoms with van der Waals surface area (Å²) in [5.41, 5.74) is 4.30. The maximum absolute atomic E-state index is 2.39. The summed E-state index contributed by atoms with van der Waals surface area (Å²) in [7, 11) is 2.21. The lowest BCUT2D eigenvalue weighted by Gasteiger charge is -2.12. The fourth-order valence-electron chi connectivity index (χ4n) is 4.08. The van der Waals surface area contributed by atoms with Gasteiger partial charge in [0.2, 0.25) is 0 Å². The molecule has 4 aromatic rings. The number of hydrogen-bond acceptors (Lipinski definition) is 0. The minimum Gasteiger partial charge on any atom is -0.347 e. The Bertz CT molecular complexity index is 1040. The van der Waals surface area contributed by atoms with Gasteiger partial charge in [-0.1, -0.05) is 62.4 Å². The quantitative estimate of drug-likeness (QED) is 0.382.